The Balaban J connectivity index is 1.85. The average molecular weight is 271 g/mol. The highest BCUT2D eigenvalue weighted by atomic mass is 16.5. The molecule has 3 rings (SSSR count). The molecule has 1 aromatic heterocycles. The lowest BCUT2D eigenvalue weighted by atomic mass is 9.83. The van der Waals surface area contributed by atoms with E-state index in [1.54, 1.807) is 0 Å². The third kappa shape index (κ3) is 2.55. The number of benzene rings is 1. The van der Waals surface area contributed by atoms with Gasteiger partial charge in [-0.3, -0.25) is 0 Å². The molecule has 2 aromatic rings. The van der Waals surface area contributed by atoms with Crippen LogP contribution >= 0.6 is 0 Å². The van der Waals surface area contributed by atoms with Crippen molar-refractivity contribution in [2.45, 2.75) is 45.4 Å². The van der Waals surface area contributed by atoms with Crippen molar-refractivity contribution in [3.63, 3.8) is 0 Å². The van der Waals surface area contributed by atoms with Gasteiger partial charge in [0.25, 0.3) is 5.89 Å². The zero-order chi connectivity index (χ0) is 14.1. The Hall–Kier alpha value is -1.84. The van der Waals surface area contributed by atoms with Crippen LogP contribution in [0.2, 0.25) is 0 Å². The minimum Gasteiger partial charge on any atom is -0.398 e. The summed E-state index contributed by atoms with van der Waals surface area (Å²) in [6.07, 6.45) is 4.81. The molecule has 20 heavy (non-hydrogen) atoms. The third-order valence-corrected chi connectivity index (χ3v) is 4.26. The fourth-order valence-electron chi connectivity index (χ4n) is 2.88. The van der Waals surface area contributed by atoms with Crippen molar-refractivity contribution in [2.24, 2.45) is 5.92 Å². The predicted octanol–water partition coefficient (Wildman–Crippen LogP) is 3.92. The second kappa shape index (κ2) is 5.27. The lowest BCUT2D eigenvalue weighted by Gasteiger charge is -2.23. The van der Waals surface area contributed by atoms with Crippen molar-refractivity contribution in [1.82, 2.24) is 10.1 Å². The molecule has 2 N–H and O–H groups in total. The SMILES string of the molecule is Cc1ccc(N)c(-c2nc(C3CCC(C)CC3)no2)c1. The average Bonchev–Trinajstić information content (AvgIpc) is 2.92. The Labute approximate surface area is 119 Å². The molecule has 0 amide bonds. The Morgan fingerprint density at radius 2 is 1.95 bits per heavy atom. The largest absolute Gasteiger partial charge is 0.398 e. The van der Waals surface area contributed by atoms with E-state index in [-0.39, 0.29) is 0 Å². The van der Waals surface area contributed by atoms with E-state index in [1.807, 2.05) is 25.1 Å². The number of aryl methyl sites for hydroxylation is 1. The van der Waals surface area contributed by atoms with Crippen molar-refractivity contribution >= 4 is 5.69 Å². The molecular formula is C16H21N3O. The van der Waals surface area contributed by atoms with Crippen molar-refractivity contribution in [2.75, 3.05) is 5.73 Å². The Morgan fingerprint density at radius 3 is 2.70 bits per heavy atom. The summed E-state index contributed by atoms with van der Waals surface area (Å²) in [5, 5.41) is 4.17. The number of nitrogens with two attached hydrogens (primary N) is 1. The van der Waals surface area contributed by atoms with E-state index in [9.17, 15) is 0 Å². The highest BCUT2D eigenvalue weighted by Crippen LogP contribution is 2.35. The van der Waals surface area contributed by atoms with Crippen molar-refractivity contribution < 1.29 is 4.52 Å². The molecule has 4 heteroatoms. The van der Waals surface area contributed by atoms with Crippen molar-refractivity contribution in [3.05, 3.63) is 29.6 Å². The first kappa shape index (κ1) is 13.2. The van der Waals surface area contributed by atoms with Crippen molar-refractivity contribution in [3.8, 4) is 11.5 Å². The van der Waals surface area contributed by atoms with Gasteiger partial charge in [-0.15, -0.1) is 0 Å². The van der Waals surface area contributed by atoms with Crippen LogP contribution in [0.5, 0.6) is 0 Å². The van der Waals surface area contributed by atoms with Gasteiger partial charge in [-0.25, -0.2) is 0 Å². The number of nitrogen functional groups attached to an aromatic ring is 1. The summed E-state index contributed by atoms with van der Waals surface area (Å²) in [6.45, 7) is 4.34. The van der Waals surface area contributed by atoms with Crippen LogP contribution in [0.3, 0.4) is 0 Å². The molecule has 0 unspecified atom stereocenters. The first-order chi connectivity index (χ1) is 9.63. The maximum Gasteiger partial charge on any atom is 0.260 e. The summed E-state index contributed by atoms with van der Waals surface area (Å²) in [5.41, 5.74) is 8.66. The van der Waals surface area contributed by atoms with Gasteiger partial charge in [0.05, 0.1) is 5.56 Å². The standard InChI is InChI=1S/C16H21N3O/c1-10-3-6-12(7-4-10)15-18-16(20-19-15)13-9-11(2)5-8-14(13)17/h5,8-10,12H,3-4,6-7,17H2,1-2H3. The topological polar surface area (TPSA) is 64.9 Å². The van der Waals surface area contributed by atoms with Crippen LogP contribution in [0.25, 0.3) is 11.5 Å². The van der Waals surface area contributed by atoms with Crippen LogP contribution in [-0.4, -0.2) is 10.1 Å². The van der Waals surface area contributed by atoms with E-state index in [0.717, 1.165) is 35.7 Å². The van der Waals surface area contributed by atoms with E-state index in [1.165, 1.54) is 12.8 Å². The number of hydrogen-bond donors (Lipinski definition) is 1. The zero-order valence-corrected chi connectivity index (χ0v) is 12.1. The second-order valence-electron chi connectivity index (χ2n) is 6.01. The molecule has 1 fully saturated rings. The first-order valence-corrected chi connectivity index (χ1v) is 7.33. The molecule has 4 nitrogen and oxygen atoms in total. The van der Waals surface area contributed by atoms with Crippen LogP contribution in [0, 0.1) is 12.8 Å². The quantitative estimate of drug-likeness (QED) is 0.841. The molecule has 0 radical (unpaired) electrons. The predicted molar refractivity (Wildman–Crippen MR) is 79.3 cm³/mol. The molecule has 0 bridgehead atoms. The number of hydrogen-bond acceptors (Lipinski definition) is 4. The summed E-state index contributed by atoms with van der Waals surface area (Å²) in [7, 11) is 0. The summed E-state index contributed by atoms with van der Waals surface area (Å²) in [6, 6.07) is 5.87. The van der Waals surface area contributed by atoms with Gasteiger partial charge >= 0.3 is 0 Å². The van der Waals surface area contributed by atoms with Gasteiger partial charge in [0, 0.05) is 11.6 Å². The number of aromatic nitrogens is 2. The molecule has 0 saturated heterocycles. The van der Waals surface area contributed by atoms with Crippen LogP contribution in [0.15, 0.2) is 22.7 Å². The minimum absolute atomic E-state index is 0.440. The van der Waals surface area contributed by atoms with E-state index in [0.29, 0.717) is 17.5 Å². The number of nitrogens with zero attached hydrogens (tertiary/aromatic N) is 2. The third-order valence-electron chi connectivity index (χ3n) is 4.26. The Bertz CT molecular complexity index is 598. The Kier molecular flexibility index (Phi) is 3.47. The van der Waals surface area contributed by atoms with Gasteiger partial charge in [0.2, 0.25) is 0 Å². The summed E-state index contributed by atoms with van der Waals surface area (Å²) in [4.78, 5) is 4.57. The number of rotatable bonds is 2. The summed E-state index contributed by atoms with van der Waals surface area (Å²) >= 11 is 0. The highest BCUT2D eigenvalue weighted by molar-refractivity contribution is 5.70. The van der Waals surface area contributed by atoms with E-state index in [2.05, 4.69) is 17.1 Å². The fourth-order valence-corrected chi connectivity index (χ4v) is 2.88. The molecular weight excluding hydrogens is 250 g/mol. The summed E-state index contributed by atoms with van der Waals surface area (Å²) < 4.78 is 5.43. The van der Waals surface area contributed by atoms with Gasteiger partial charge in [-0.1, -0.05) is 36.6 Å². The monoisotopic (exact) mass is 271 g/mol. The van der Waals surface area contributed by atoms with Gasteiger partial charge in [0.1, 0.15) is 0 Å². The molecule has 1 aliphatic carbocycles. The second-order valence-corrected chi connectivity index (χ2v) is 6.01. The van der Waals surface area contributed by atoms with Gasteiger partial charge in [0.15, 0.2) is 5.82 Å². The lowest BCUT2D eigenvalue weighted by Crippen LogP contribution is -2.11. The lowest BCUT2D eigenvalue weighted by molar-refractivity contribution is 0.329. The smallest absolute Gasteiger partial charge is 0.260 e. The van der Waals surface area contributed by atoms with Gasteiger partial charge in [-0.2, -0.15) is 4.98 Å². The molecule has 106 valence electrons. The first-order valence-electron chi connectivity index (χ1n) is 7.33. The van der Waals surface area contributed by atoms with E-state index >= 15 is 0 Å². The van der Waals surface area contributed by atoms with Gasteiger partial charge in [-0.05, 0) is 37.8 Å². The van der Waals surface area contributed by atoms with E-state index < -0.39 is 0 Å². The van der Waals surface area contributed by atoms with Crippen LogP contribution in [0.4, 0.5) is 5.69 Å². The summed E-state index contributed by atoms with van der Waals surface area (Å²) in [5.74, 6) is 2.65. The number of anilines is 1. The van der Waals surface area contributed by atoms with Crippen LogP contribution in [-0.2, 0) is 0 Å². The fraction of sp³-hybridized carbons (Fsp3) is 0.500. The maximum absolute atomic E-state index is 6.00. The Morgan fingerprint density at radius 1 is 1.20 bits per heavy atom. The molecule has 0 atom stereocenters. The molecule has 1 aromatic carbocycles. The molecule has 1 aliphatic rings. The molecule has 1 heterocycles. The minimum atomic E-state index is 0.440. The molecule has 0 spiro atoms. The van der Waals surface area contributed by atoms with Crippen LogP contribution in [0.1, 0.15) is 49.9 Å². The molecule has 1 saturated carbocycles. The van der Waals surface area contributed by atoms with E-state index in [4.69, 9.17) is 10.3 Å². The highest BCUT2D eigenvalue weighted by Gasteiger charge is 2.24. The van der Waals surface area contributed by atoms with Crippen molar-refractivity contribution in [1.29, 1.82) is 0 Å². The normalized spacial score (nSPS) is 22.9. The van der Waals surface area contributed by atoms with Gasteiger partial charge < -0.3 is 10.3 Å². The maximum atomic E-state index is 6.00. The van der Waals surface area contributed by atoms with Crippen LogP contribution < -0.4 is 5.73 Å². The zero-order valence-electron chi connectivity index (χ0n) is 12.1. The molecule has 0 aliphatic heterocycles.